The first-order chi connectivity index (χ1) is 15.0. The second kappa shape index (κ2) is 9.92. The minimum Gasteiger partial charge on any atom is -0.356 e. The molecule has 0 saturated heterocycles. The molecule has 0 atom stereocenters. The summed E-state index contributed by atoms with van der Waals surface area (Å²) in [5.74, 6) is 3.41. The van der Waals surface area contributed by atoms with Crippen LogP contribution in [-0.4, -0.2) is 27.6 Å². The van der Waals surface area contributed by atoms with Crippen LogP contribution in [0.15, 0.2) is 16.8 Å². The molecule has 6 nitrogen and oxygen atoms in total. The summed E-state index contributed by atoms with van der Waals surface area (Å²) in [6, 6.07) is 1.96. The second-order valence-corrected chi connectivity index (χ2v) is 9.81. The molecule has 2 aromatic heterocycles. The smallest absolute Gasteiger partial charge is 0.223 e. The summed E-state index contributed by atoms with van der Waals surface area (Å²) >= 11 is 0. The van der Waals surface area contributed by atoms with Crippen molar-refractivity contribution in [3.63, 3.8) is 0 Å². The van der Waals surface area contributed by atoms with E-state index in [2.05, 4.69) is 29.3 Å². The van der Waals surface area contributed by atoms with Gasteiger partial charge in [-0.25, -0.2) is 9.97 Å². The molecule has 0 aliphatic heterocycles. The highest BCUT2D eigenvalue weighted by molar-refractivity contribution is 5.78. The molecule has 2 saturated carbocycles. The van der Waals surface area contributed by atoms with Crippen LogP contribution < -0.4 is 5.32 Å². The maximum Gasteiger partial charge on any atom is 0.223 e. The number of rotatable bonds is 6. The molecule has 1 N–H and O–H groups in total. The minimum absolute atomic E-state index is 0.244. The van der Waals surface area contributed by atoms with Crippen LogP contribution in [0.25, 0.3) is 11.3 Å². The monoisotopic (exact) mass is 424 g/mol. The standard InChI is InChI=1S/C25H36N4O2/c1-16(2)24-26-15-21(22-13-17(3)29-31-22)23(28-24)19-11-9-18(10-12-19)14-27-25(30)20-7-5-4-6-8-20/h13,15-16,18-20H,4-12,14H2,1-3H3,(H,27,30). The van der Waals surface area contributed by atoms with Crippen molar-refractivity contribution in [3.05, 3.63) is 29.5 Å². The Hall–Kier alpha value is -2.24. The number of carbonyl (C=O) groups is 1. The van der Waals surface area contributed by atoms with Gasteiger partial charge >= 0.3 is 0 Å². The van der Waals surface area contributed by atoms with Gasteiger partial charge in [-0.2, -0.15) is 0 Å². The van der Waals surface area contributed by atoms with E-state index < -0.39 is 0 Å². The molecule has 6 heteroatoms. The predicted molar refractivity (Wildman–Crippen MR) is 121 cm³/mol. The highest BCUT2D eigenvalue weighted by Crippen LogP contribution is 2.39. The third-order valence-electron chi connectivity index (χ3n) is 7.02. The maximum absolute atomic E-state index is 12.5. The molecule has 4 rings (SSSR count). The van der Waals surface area contributed by atoms with Crippen LogP contribution in [-0.2, 0) is 4.79 Å². The van der Waals surface area contributed by atoms with Crippen molar-refractivity contribution in [2.45, 2.75) is 90.4 Å². The van der Waals surface area contributed by atoms with Crippen molar-refractivity contribution >= 4 is 5.91 Å². The first-order valence-electron chi connectivity index (χ1n) is 12.1. The van der Waals surface area contributed by atoms with Crippen LogP contribution in [0.4, 0.5) is 0 Å². The Morgan fingerprint density at radius 1 is 1.13 bits per heavy atom. The summed E-state index contributed by atoms with van der Waals surface area (Å²) in [5, 5.41) is 7.31. The molecular weight excluding hydrogens is 388 g/mol. The zero-order chi connectivity index (χ0) is 21.8. The van der Waals surface area contributed by atoms with Crippen molar-refractivity contribution in [1.82, 2.24) is 20.4 Å². The Balaban J connectivity index is 1.39. The zero-order valence-corrected chi connectivity index (χ0v) is 19.2. The molecule has 168 valence electrons. The van der Waals surface area contributed by atoms with Crippen molar-refractivity contribution in [3.8, 4) is 11.3 Å². The Bertz CT molecular complexity index is 877. The Labute approximate surface area is 185 Å². The maximum atomic E-state index is 12.5. The minimum atomic E-state index is 0.244. The largest absolute Gasteiger partial charge is 0.356 e. The van der Waals surface area contributed by atoms with Crippen LogP contribution in [0, 0.1) is 18.8 Å². The normalized spacial score (nSPS) is 22.6. The average molecular weight is 425 g/mol. The summed E-state index contributed by atoms with van der Waals surface area (Å²) in [6.45, 7) is 7.01. The summed E-state index contributed by atoms with van der Waals surface area (Å²) in [6.07, 6.45) is 12.1. The summed E-state index contributed by atoms with van der Waals surface area (Å²) in [4.78, 5) is 22.0. The van der Waals surface area contributed by atoms with E-state index in [-0.39, 0.29) is 17.7 Å². The van der Waals surface area contributed by atoms with Gasteiger partial charge in [-0.3, -0.25) is 4.79 Å². The number of nitrogens with one attached hydrogen (secondary N) is 1. The fourth-order valence-electron chi connectivity index (χ4n) is 5.07. The number of hydrogen-bond donors (Lipinski definition) is 1. The number of carbonyl (C=O) groups excluding carboxylic acids is 1. The molecule has 0 unspecified atom stereocenters. The van der Waals surface area contributed by atoms with Gasteiger partial charge in [-0.1, -0.05) is 38.3 Å². The molecule has 0 bridgehead atoms. The van der Waals surface area contributed by atoms with Gasteiger partial charge in [0.2, 0.25) is 5.91 Å². The summed E-state index contributed by atoms with van der Waals surface area (Å²) in [7, 11) is 0. The Morgan fingerprint density at radius 2 is 1.87 bits per heavy atom. The lowest BCUT2D eigenvalue weighted by Crippen LogP contribution is -2.36. The number of aromatic nitrogens is 3. The van der Waals surface area contributed by atoms with E-state index >= 15 is 0 Å². The predicted octanol–water partition coefficient (Wildman–Crippen LogP) is 5.53. The number of amides is 1. The van der Waals surface area contributed by atoms with Crippen LogP contribution in [0.2, 0.25) is 0 Å². The van der Waals surface area contributed by atoms with Crippen molar-refractivity contribution in [1.29, 1.82) is 0 Å². The lowest BCUT2D eigenvalue weighted by Gasteiger charge is -2.30. The van der Waals surface area contributed by atoms with Gasteiger partial charge in [0, 0.05) is 36.6 Å². The van der Waals surface area contributed by atoms with Crippen LogP contribution in [0.1, 0.15) is 101 Å². The van der Waals surface area contributed by atoms with Gasteiger partial charge in [0.05, 0.1) is 17.0 Å². The van der Waals surface area contributed by atoms with Crippen molar-refractivity contribution in [2.24, 2.45) is 11.8 Å². The molecule has 2 aliphatic rings. The van der Waals surface area contributed by atoms with Gasteiger partial charge in [0.25, 0.3) is 0 Å². The Morgan fingerprint density at radius 3 is 2.52 bits per heavy atom. The van der Waals surface area contributed by atoms with E-state index in [0.29, 0.717) is 11.8 Å². The molecule has 0 spiro atoms. The van der Waals surface area contributed by atoms with E-state index in [0.717, 1.165) is 73.6 Å². The SMILES string of the molecule is Cc1cc(-c2cnc(C(C)C)nc2C2CCC(CNC(=O)C3CCCCC3)CC2)on1. The fourth-order valence-corrected chi connectivity index (χ4v) is 5.07. The van der Waals surface area contributed by atoms with E-state index in [1.165, 1.54) is 19.3 Å². The molecular formula is C25H36N4O2. The molecule has 2 fully saturated rings. The van der Waals surface area contributed by atoms with Crippen LogP contribution >= 0.6 is 0 Å². The molecule has 2 aromatic rings. The van der Waals surface area contributed by atoms with Gasteiger partial charge in [-0.05, 0) is 51.4 Å². The number of aryl methyl sites for hydroxylation is 1. The first-order valence-corrected chi connectivity index (χ1v) is 12.1. The van der Waals surface area contributed by atoms with Crippen molar-refractivity contribution < 1.29 is 9.32 Å². The highest BCUT2D eigenvalue weighted by Gasteiger charge is 2.28. The van der Waals surface area contributed by atoms with Crippen LogP contribution in [0.3, 0.4) is 0 Å². The quantitative estimate of drug-likeness (QED) is 0.659. The van der Waals surface area contributed by atoms with Gasteiger partial charge in [0.15, 0.2) is 5.76 Å². The highest BCUT2D eigenvalue weighted by atomic mass is 16.5. The van der Waals surface area contributed by atoms with E-state index in [4.69, 9.17) is 9.51 Å². The summed E-state index contributed by atoms with van der Waals surface area (Å²) in [5.41, 5.74) is 2.94. The lowest BCUT2D eigenvalue weighted by atomic mass is 9.79. The summed E-state index contributed by atoms with van der Waals surface area (Å²) < 4.78 is 5.55. The molecule has 0 aromatic carbocycles. The molecule has 2 aliphatic carbocycles. The second-order valence-electron chi connectivity index (χ2n) is 9.81. The molecule has 31 heavy (non-hydrogen) atoms. The Kier molecular flexibility index (Phi) is 7.03. The fraction of sp³-hybridized carbons (Fsp3) is 0.680. The average Bonchev–Trinajstić information content (AvgIpc) is 3.24. The van der Waals surface area contributed by atoms with Crippen molar-refractivity contribution in [2.75, 3.05) is 6.54 Å². The molecule has 2 heterocycles. The first kappa shape index (κ1) is 22.0. The van der Waals surface area contributed by atoms with E-state index in [1.54, 1.807) is 0 Å². The van der Waals surface area contributed by atoms with Gasteiger partial charge in [0.1, 0.15) is 5.82 Å². The molecule has 0 radical (unpaired) electrons. The molecule has 1 amide bonds. The van der Waals surface area contributed by atoms with Gasteiger partial charge in [-0.15, -0.1) is 0 Å². The van der Waals surface area contributed by atoms with E-state index in [1.807, 2.05) is 19.2 Å². The lowest BCUT2D eigenvalue weighted by molar-refractivity contribution is -0.126. The third kappa shape index (κ3) is 5.34. The zero-order valence-electron chi connectivity index (χ0n) is 19.2. The number of nitrogens with zero attached hydrogens (tertiary/aromatic N) is 3. The topological polar surface area (TPSA) is 80.9 Å². The van der Waals surface area contributed by atoms with Crippen LogP contribution in [0.5, 0.6) is 0 Å². The number of hydrogen-bond acceptors (Lipinski definition) is 5. The van der Waals surface area contributed by atoms with E-state index in [9.17, 15) is 4.79 Å². The third-order valence-corrected chi connectivity index (χ3v) is 7.02. The van der Waals surface area contributed by atoms with Gasteiger partial charge < -0.3 is 9.84 Å².